The van der Waals surface area contributed by atoms with Gasteiger partial charge < -0.3 is 18.7 Å². The van der Waals surface area contributed by atoms with Crippen LogP contribution < -0.4 is 5.32 Å². The van der Waals surface area contributed by atoms with Crippen molar-refractivity contribution in [2.75, 3.05) is 0 Å². The first-order valence-corrected chi connectivity index (χ1v) is 19.2. The molecule has 0 fully saturated rings. The fourth-order valence-corrected chi connectivity index (χ4v) is 8.61. The number of nitrogens with zero attached hydrogens (tertiary/aromatic N) is 3. The van der Waals surface area contributed by atoms with Crippen molar-refractivity contribution in [2.45, 2.75) is 6.17 Å². The van der Waals surface area contributed by atoms with Crippen molar-refractivity contribution in [3.63, 3.8) is 0 Å². The lowest BCUT2D eigenvalue weighted by Gasteiger charge is -2.23. The zero-order valence-electron chi connectivity index (χ0n) is 30.6. The van der Waals surface area contributed by atoms with E-state index < -0.39 is 0 Å². The van der Waals surface area contributed by atoms with E-state index in [0.717, 1.165) is 83.2 Å². The molecule has 8 aromatic carbocycles. The molecule has 0 radical (unpaired) electrons. The van der Waals surface area contributed by atoms with E-state index in [4.69, 9.17) is 18.8 Å². The van der Waals surface area contributed by atoms with Gasteiger partial charge in [0.05, 0.1) is 16.6 Å². The van der Waals surface area contributed by atoms with Crippen LogP contribution in [-0.4, -0.2) is 16.2 Å². The highest BCUT2D eigenvalue weighted by atomic mass is 16.3. The minimum Gasteiger partial charge on any atom is -0.455 e. The van der Waals surface area contributed by atoms with E-state index >= 15 is 0 Å². The molecule has 11 aromatic rings. The molecule has 0 aliphatic carbocycles. The maximum Gasteiger partial charge on any atom is 0.163 e. The molecule has 1 atom stereocenters. The van der Waals surface area contributed by atoms with E-state index in [-0.39, 0.29) is 6.17 Å². The zero-order chi connectivity index (χ0) is 37.5. The summed E-state index contributed by atoms with van der Waals surface area (Å²) in [6, 6.07) is 63.2. The summed E-state index contributed by atoms with van der Waals surface area (Å²) < 4.78 is 15.9. The third-order valence-electron chi connectivity index (χ3n) is 11.3. The molecule has 1 aliphatic rings. The predicted molar refractivity (Wildman–Crippen MR) is 233 cm³/mol. The minimum absolute atomic E-state index is 0.303. The van der Waals surface area contributed by atoms with Crippen LogP contribution in [-0.2, 0) is 0 Å². The van der Waals surface area contributed by atoms with Gasteiger partial charge in [-0.05, 0) is 53.6 Å². The van der Waals surface area contributed by atoms with E-state index in [1.807, 2.05) is 42.5 Å². The molecule has 0 bridgehead atoms. The number of hydrogen-bond donors (Lipinski definition) is 1. The Balaban J connectivity index is 0.976. The second-order valence-corrected chi connectivity index (χ2v) is 14.6. The van der Waals surface area contributed by atoms with Gasteiger partial charge >= 0.3 is 0 Å². The number of nitrogens with one attached hydrogen (secondary N) is 1. The van der Waals surface area contributed by atoms with Crippen LogP contribution in [0, 0.1) is 0 Å². The lowest BCUT2D eigenvalue weighted by atomic mass is 10.0. The van der Waals surface area contributed by atoms with Crippen molar-refractivity contribution in [1.82, 2.24) is 9.88 Å². The first-order chi connectivity index (χ1) is 28.2. The van der Waals surface area contributed by atoms with Crippen molar-refractivity contribution >= 4 is 77.4 Å². The third kappa shape index (κ3) is 4.97. The molecule has 268 valence electrons. The fraction of sp³-hybridized carbons (Fsp3) is 0.0196. The van der Waals surface area contributed by atoms with Crippen molar-refractivity contribution < 1.29 is 8.83 Å². The minimum atomic E-state index is -0.303. The molecule has 4 heterocycles. The van der Waals surface area contributed by atoms with Gasteiger partial charge in [-0.15, -0.1) is 0 Å². The average molecular weight is 733 g/mol. The fourth-order valence-electron chi connectivity index (χ4n) is 8.61. The Morgan fingerprint density at radius 3 is 1.75 bits per heavy atom. The highest BCUT2D eigenvalue weighted by Gasteiger charge is 2.24. The van der Waals surface area contributed by atoms with Crippen LogP contribution in [0.1, 0.15) is 22.9 Å². The van der Waals surface area contributed by atoms with E-state index in [0.29, 0.717) is 5.84 Å². The molecule has 1 unspecified atom stereocenters. The molecule has 1 N–H and O–H groups in total. The normalized spacial score (nSPS) is 14.5. The SMILES string of the molecule is c1ccc(C2=NC(c3cccc4c3oc3cc(-c5cccc6c5oc5cc(-n7c8ccccc8c8ccccc87)ccc56)ccc34)=NC(c3ccccc3)N2)cc1. The van der Waals surface area contributed by atoms with Gasteiger partial charge in [-0.2, -0.15) is 0 Å². The number of aromatic nitrogens is 1. The standard InChI is InChI=1S/C51H32N4O2/c1-3-13-31(14-4-1)49-52-50(32-15-5-2-6-16-32)54-51(53-49)42-22-12-21-41-38-27-25-33(29-45(38)56-48(41)42)35-19-11-20-40-39-28-26-34(30-46(39)57-47(35)40)55-43-23-9-7-17-36(43)37-18-8-10-24-44(37)55/h1-30,49H,(H,52,53,54). The highest BCUT2D eigenvalue weighted by molar-refractivity contribution is 6.20. The molecule has 1 aliphatic heterocycles. The second-order valence-electron chi connectivity index (χ2n) is 14.6. The average Bonchev–Trinajstić information content (AvgIpc) is 3.96. The molecule has 0 amide bonds. The molecule has 6 heteroatoms. The van der Waals surface area contributed by atoms with Gasteiger partial charge in [0.1, 0.15) is 34.3 Å². The summed E-state index contributed by atoms with van der Waals surface area (Å²) >= 11 is 0. The number of furan rings is 2. The Hall–Kier alpha value is -7.70. The topological polar surface area (TPSA) is 68.0 Å². The van der Waals surface area contributed by atoms with Gasteiger partial charge in [-0.1, -0.05) is 133 Å². The first kappa shape index (κ1) is 31.6. The van der Waals surface area contributed by atoms with Crippen molar-refractivity contribution in [3.05, 3.63) is 199 Å². The maximum absolute atomic E-state index is 6.78. The Kier molecular flexibility index (Phi) is 6.89. The second kappa shape index (κ2) is 12.4. The van der Waals surface area contributed by atoms with E-state index in [1.54, 1.807) is 0 Å². The van der Waals surface area contributed by atoms with Crippen LogP contribution in [0.15, 0.2) is 201 Å². The van der Waals surface area contributed by atoms with Gasteiger partial charge in [0.2, 0.25) is 0 Å². The van der Waals surface area contributed by atoms with Gasteiger partial charge in [-0.25, -0.2) is 9.98 Å². The molecular weight excluding hydrogens is 701 g/mol. The van der Waals surface area contributed by atoms with Crippen molar-refractivity contribution in [1.29, 1.82) is 0 Å². The lowest BCUT2D eigenvalue weighted by Crippen LogP contribution is -2.33. The highest BCUT2D eigenvalue weighted by Crippen LogP contribution is 2.41. The van der Waals surface area contributed by atoms with Gasteiger partial charge in [-0.3, -0.25) is 0 Å². The number of rotatable bonds is 5. The molecule has 3 aromatic heterocycles. The molecule has 57 heavy (non-hydrogen) atoms. The first-order valence-electron chi connectivity index (χ1n) is 19.2. The van der Waals surface area contributed by atoms with Gasteiger partial charge in [0.15, 0.2) is 5.84 Å². The number of aliphatic imine (C=N–C) groups is 2. The Morgan fingerprint density at radius 2 is 1.04 bits per heavy atom. The summed E-state index contributed by atoms with van der Waals surface area (Å²) in [7, 11) is 0. The van der Waals surface area contributed by atoms with Crippen LogP contribution in [0.4, 0.5) is 0 Å². The third-order valence-corrected chi connectivity index (χ3v) is 11.3. The van der Waals surface area contributed by atoms with E-state index in [9.17, 15) is 0 Å². The van der Waals surface area contributed by atoms with Crippen LogP contribution in [0.5, 0.6) is 0 Å². The predicted octanol–water partition coefficient (Wildman–Crippen LogP) is 12.7. The number of amidine groups is 2. The number of hydrogen-bond acceptors (Lipinski definition) is 5. The molecular formula is C51H32N4O2. The van der Waals surface area contributed by atoms with E-state index in [1.165, 1.54) is 21.8 Å². The van der Waals surface area contributed by atoms with E-state index in [2.05, 4.69) is 149 Å². The van der Waals surface area contributed by atoms with Crippen LogP contribution in [0.3, 0.4) is 0 Å². The van der Waals surface area contributed by atoms with Gasteiger partial charge in [0, 0.05) is 55.2 Å². The molecule has 6 nitrogen and oxygen atoms in total. The Morgan fingerprint density at radius 1 is 0.456 bits per heavy atom. The summed E-state index contributed by atoms with van der Waals surface area (Å²) in [5.74, 6) is 1.39. The largest absolute Gasteiger partial charge is 0.455 e. The zero-order valence-corrected chi connectivity index (χ0v) is 30.6. The Labute approximate surface area is 326 Å². The molecule has 0 saturated carbocycles. The Bertz CT molecular complexity index is 3390. The molecule has 0 spiro atoms. The summed E-state index contributed by atoms with van der Waals surface area (Å²) in [4.78, 5) is 10.2. The number of fused-ring (bicyclic) bond motifs is 9. The number of para-hydroxylation sites is 4. The van der Waals surface area contributed by atoms with Crippen LogP contribution in [0.2, 0.25) is 0 Å². The van der Waals surface area contributed by atoms with Crippen molar-refractivity contribution in [2.24, 2.45) is 9.98 Å². The van der Waals surface area contributed by atoms with Crippen LogP contribution >= 0.6 is 0 Å². The monoisotopic (exact) mass is 732 g/mol. The summed E-state index contributed by atoms with van der Waals surface area (Å²) in [5.41, 5.74) is 11.6. The quantitative estimate of drug-likeness (QED) is 0.192. The molecule has 0 saturated heterocycles. The summed E-state index contributed by atoms with van der Waals surface area (Å²) in [6.45, 7) is 0. The molecule has 12 rings (SSSR count). The smallest absolute Gasteiger partial charge is 0.163 e. The van der Waals surface area contributed by atoms with Crippen LogP contribution in [0.25, 0.3) is 82.5 Å². The lowest BCUT2D eigenvalue weighted by molar-refractivity contribution is 0.663. The van der Waals surface area contributed by atoms with Crippen molar-refractivity contribution in [3.8, 4) is 16.8 Å². The maximum atomic E-state index is 6.78. The van der Waals surface area contributed by atoms with Gasteiger partial charge in [0.25, 0.3) is 0 Å². The summed E-state index contributed by atoms with van der Waals surface area (Å²) in [5, 5.41) is 10.2. The number of benzene rings is 8. The summed E-state index contributed by atoms with van der Waals surface area (Å²) in [6.07, 6.45) is -0.303.